The van der Waals surface area contributed by atoms with Gasteiger partial charge in [0.15, 0.2) is 11.5 Å². The summed E-state index contributed by atoms with van der Waals surface area (Å²) in [6.07, 6.45) is 5.42. The maximum absolute atomic E-state index is 12.6. The summed E-state index contributed by atoms with van der Waals surface area (Å²) in [7, 11) is 0. The molecule has 2 heterocycles. The van der Waals surface area contributed by atoms with E-state index in [0.29, 0.717) is 49.8 Å². The number of aliphatic hydroxyl groups excluding tert-OH is 2. The minimum atomic E-state index is -0.873. The molecule has 0 aromatic heterocycles. The van der Waals surface area contributed by atoms with Gasteiger partial charge in [-0.15, -0.1) is 0 Å². The van der Waals surface area contributed by atoms with Crippen molar-refractivity contribution in [2.24, 2.45) is 0 Å². The van der Waals surface area contributed by atoms with Gasteiger partial charge >= 0.3 is 0 Å². The molecule has 1 amide bonds. The van der Waals surface area contributed by atoms with E-state index in [9.17, 15) is 15.0 Å². The van der Waals surface area contributed by atoms with Crippen molar-refractivity contribution in [3.05, 3.63) is 23.8 Å². The maximum atomic E-state index is 12.6. The summed E-state index contributed by atoms with van der Waals surface area (Å²) in [5.41, 5.74) is 0.687. The first-order valence-corrected chi connectivity index (χ1v) is 11.3. The first-order chi connectivity index (χ1) is 14.6. The number of aliphatic hydroxyl groups is 2. The average molecular weight is 421 g/mol. The SMILES string of the molecule is CCCCCCCC(=O)N[C@H](CN1CC[C@@H](O)C1)[C@H](O)c1ccc2c(c1)OCCO2. The average Bonchev–Trinajstić information content (AvgIpc) is 3.17. The number of β-amino-alcohol motifs (C(OH)–C–C–N with tert-alkyl or cyclic N) is 1. The second kappa shape index (κ2) is 11.5. The molecule has 3 atom stereocenters. The van der Waals surface area contributed by atoms with E-state index in [1.807, 2.05) is 6.07 Å². The number of fused-ring (bicyclic) bond motifs is 1. The van der Waals surface area contributed by atoms with Gasteiger partial charge in [0.05, 0.1) is 12.1 Å². The molecule has 0 unspecified atom stereocenters. The number of likely N-dealkylation sites (tertiary alicyclic amines) is 1. The van der Waals surface area contributed by atoms with Gasteiger partial charge in [0.1, 0.15) is 19.3 Å². The lowest BCUT2D eigenvalue weighted by atomic mass is 10.0. The molecule has 0 bridgehead atoms. The lowest BCUT2D eigenvalue weighted by Gasteiger charge is -2.29. The summed E-state index contributed by atoms with van der Waals surface area (Å²) >= 11 is 0. The van der Waals surface area contributed by atoms with E-state index in [1.165, 1.54) is 12.8 Å². The fraction of sp³-hybridized carbons (Fsp3) is 0.696. The van der Waals surface area contributed by atoms with Crippen LogP contribution in [0.2, 0.25) is 0 Å². The van der Waals surface area contributed by atoms with Crippen LogP contribution in [-0.2, 0) is 4.79 Å². The Bertz CT molecular complexity index is 684. The van der Waals surface area contributed by atoms with Crippen molar-refractivity contribution in [1.29, 1.82) is 0 Å². The molecule has 1 fully saturated rings. The topological polar surface area (TPSA) is 91.3 Å². The quantitative estimate of drug-likeness (QED) is 0.476. The maximum Gasteiger partial charge on any atom is 0.220 e. The van der Waals surface area contributed by atoms with Gasteiger partial charge < -0.3 is 25.0 Å². The summed E-state index contributed by atoms with van der Waals surface area (Å²) in [6.45, 7) is 5.00. The van der Waals surface area contributed by atoms with Crippen molar-refractivity contribution in [2.45, 2.75) is 70.1 Å². The highest BCUT2D eigenvalue weighted by Crippen LogP contribution is 2.33. The first-order valence-electron chi connectivity index (χ1n) is 11.3. The Kier molecular flexibility index (Phi) is 8.78. The van der Waals surface area contributed by atoms with Crippen LogP contribution in [0.1, 0.15) is 63.5 Å². The zero-order valence-corrected chi connectivity index (χ0v) is 18.0. The number of rotatable bonds is 11. The molecule has 2 aliphatic heterocycles. The van der Waals surface area contributed by atoms with Crippen molar-refractivity contribution >= 4 is 5.91 Å². The number of ether oxygens (including phenoxy) is 2. The summed E-state index contributed by atoms with van der Waals surface area (Å²) in [6, 6.07) is 4.96. The standard InChI is InChI=1S/C23H36N2O5/c1-2-3-4-5-6-7-22(27)24-19(16-25-11-10-18(26)15-25)23(28)17-8-9-20-21(14-17)30-13-12-29-20/h8-9,14,18-19,23,26,28H,2-7,10-13,15-16H2,1H3,(H,24,27)/t18-,19-,23-/m1/s1. The van der Waals surface area contributed by atoms with Gasteiger partial charge in [0.2, 0.25) is 5.91 Å². The number of amides is 1. The van der Waals surface area contributed by atoms with E-state index in [1.54, 1.807) is 12.1 Å². The van der Waals surface area contributed by atoms with Crippen LogP contribution in [0.3, 0.4) is 0 Å². The number of unbranched alkanes of at least 4 members (excludes halogenated alkanes) is 4. The minimum Gasteiger partial charge on any atom is -0.486 e. The van der Waals surface area contributed by atoms with Gasteiger partial charge in [-0.1, -0.05) is 38.7 Å². The van der Waals surface area contributed by atoms with Crippen LogP contribution >= 0.6 is 0 Å². The smallest absolute Gasteiger partial charge is 0.220 e. The second-order valence-electron chi connectivity index (χ2n) is 8.39. The molecule has 7 heteroatoms. The van der Waals surface area contributed by atoms with Gasteiger partial charge in [-0.3, -0.25) is 9.69 Å². The molecule has 30 heavy (non-hydrogen) atoms. The van der Waals surface area contributed by atoms with E-state index in [0.717, 1.165) is 32.2 Å². The van der Waals surface area contributed by atoms with Crippen LogP contribution in [0.15, 0.2) is 18.2 Å². The number of hydrogen-bond donors (Lipinski definition) is 3. The van der Waals surface area contributed by atoms with Crippen LogP contribution in [0.4, 0.5) is 0 Å². The lowest BCUT2D eigenvalue weighted by molar-refractivity contribution is -0.123. The van der Waals surface area contributed by atoms with E-state index < -0.39 is 12.1 Å². The molecular formula is C23H36N2O5. The zero-order valence-electron chi connectivity index (χ0n) is 18.0. The van der Waals surface area contributed by atoms with Crippen molar-refractivity contribution < 1.29 is 24.5 Å². The Morgan fingerprint density at radius 3 is 2.70 bits per heavy atom. The molecule has 1 saturated heterocycles. The molecule has 3 N–H and O–H groups in total. The molecule has 7 nitrogen and oxygen atoms in total. The molecule has 0 radical (unpaired) electrons. The summed E-state index contributed by atoms with van der Waals surface area (Å²) in [5, 5.41) is 24.0. The molecular weight excluding hydrogens is 384 g/mol. The van der Waals surface area contributed by atoms with Crippen molar-refractivity contribution in [1.82, 2.24) is 10.2 Å². The summed E-state index contributed by atoms with van der Waals surface area (Å²) in [5.74, 6) is 1.26. The monoisotopic (exact) mass is 420 g/mol. The molecule has 0 aliphatic carbocycles. The number of hydrogen-bond acceptors (Lipinski definition) is 6. The van der Waals surface area contributed by atoms with E-state index in [2.05, 4.69) is 17.1 Å². The number of nitrogens with zero attached hydrogens (tertiary/aromatic N) is 1. The fourth-order valence-corrected chi connectivity index (χ4v) is 4.12. The lowest BCUT2D eigenvalue weighted by Crippen LogP contribution is -2.47. The number of carbonyl (C=O) groups excluding carboxylic acids is 1. The Labute approximate surface area is 179 Å². The van der Waals surface area contributed by atoms with Crippen LogP contribution in [0.5, 0.6) is 11.5 Å². The third kappa shape index (κ3) is 6.59. The van der Waals surface area contributed by atoms with Crippen LogP contribution in [0, 0.1) is 0 Å². The molecule has 0 spiro atoms. The third-order valence-corrected chi connectivity index (χ3v) is 5.85. The van der Waals surface area contributed by atoms with Gasteiger partial charge in [-0.25, -0.2) is 0 Å². The summed E-state index contributed by atoms with van der Waals surface area (Å²) < 4.78 is 11.2. The molecule has 1 aromatic carbocycles. The van der Waals surface area contributed by atoms with Crippen LogP contribution < -0.4 is 14.8 Å². The highest BCUT2D eigenvalue weighted by Gasteiger charge is 2.29. The molecule has 0 saturated carbocycles. The highest BCUT2D eigenvalue weighted by molar-refractivity contribution is 5.76. The Hall–Kier alpha value is -1.83. The largest absolute Gasteiger partial charge is 0.486 e. The molecule has 2 aliphatic rings. The van der Waals surface area contributed by atoms with E-state index in [-0.39, 0.29) is 12.0 Å². The normalized spacial score (nSPS) is 20.7. The minimum absolute atomic E-state index is 0.0344. The summed E-state index contributed by atoms with van der Waals surface area (Å²) in [4.78, 5) is 14.7. The van der Waals surface area contributed by atoms with Gasteiger partial charge in [0.25, 0.3) is 0 Å². The van der Waals surface area contributed by atoms with Crippen LogP contribution in [-0.4, -0.2) is 66.0 Å². The van der Waals surface area contributed by atoms with E-state index >= 15 is 0 Å². The molecule has 168 valence electrons. The first kappa shape index (κ1) is 22.8. The Morgan fingerprint density at radius 1 is 1.20 bits per heavy atom. The Morgan fingerprint density at radius 2 is 1.97 bits per heavy atom. The molecule has 1 aromatic rings. The number of nitrogens with one attached hydrogen (secondary N) is 1. The van der Waals surface area contributed by atoms with Gasteiger partial charge in [-0.05, 0) is 30.5 Å². The van der Waals surface area contributed by atoms with Gasteiger partial charge in [-0.2, -0.15) is 0 Å². The number of benzene rings is 1. The van der Waals surface area contributed by atoms with E-state index in [4.69, 9.17) is 9.47 Å². The second-order valence-corrected chi connectivity index (χ2v) is 8.39. The highest BCUT2D eigenvalue weighted by atomic mass is 16.6. The van der Waals surface area contributed by atoms with Gasteiger partial charge in [0, 0.05) is 26.1 Å². The van der Waals surface area contributed by atoms with Crippen LogP contribution in [0.25, 0.3) is 0 Å². The number of carbonyl (C=O) groups is 1. The predicted octanol–water partition coefficient (Wildman–Crippen LogP) is 2.40. The molecule has 3 rings (SSSR count). The predicted molar refractivity (Wildman–Crippen MR) is 115 cm³/mol. The van der Waals surface area contributed by atoms with Crippen molar-refractivity contribution in [3.8, 4) is 11.5 Å². The third-order valence-electron chi connectivity index (χ3n) is 5.85. The zero-order chi connectivity index (χ0) is 21.3. The van der Waals surface area contributed by atoms with Crippen molar-refractivity contribution in [2.75, 3.05) is 32.8 Å². The Balaban J connectivity index is 1.63. The van der Waals surface area contributed by atoms with Crippen molar-refractivity contribution in [3.63, 3.8) is 0 Å². The fourth-order valence-electron chi connectivity index (χ4n) is 4.12.